The molecule has 10 aromatic rings. The minimum absolute atomic E-state index is 0.610. The van der Waals surface area contributed by atoms with Crippen molar-refractivity contribution in [2.75, 3.05) is 0 Å². The maximum absolute atomic E-state index is 5.14. The molecule has 0 aliphatic carbocycles. The first-order valence-electron chi connectivity index (χ1n) is 20.7. The van der Waals surface area contributed by atoms with Crippen LogP contribution in [0.2, 0.25) is 0 Å². The Morgan fingerprint density at radius 2 is 0.516 bits per heavy atom. The molecule has 0 unspecified atom stereocenters. The maximum atomic E-state index is 5.14. The summed E-state index contributed by atoms with van der Waals surface area (Å²) >= 11 is 0. The number of nitrogens with zero attached hydrogens (tertiary/aromatic N) is 6. The zero-order valence-corrected chi connectivity index (χ0v) is 34.3. The van der Waals surface area contributed by atoms with E-state index in [0.717, 1.165) is 89.5 Å². The molecule has 3 aromatic heterocycles. The van der Waals surface area contributed by atoms with Gasteiger partial charge in [-0.1, -0.05) is 158 Å². The third kappa shape index (κ3) is 8.18. The highest BCUT2D eigenvalue weighted by Crippen LogP contribution is 2.37. The molecule has 0 N–H and O–H groups in total. The first kappa shape index (κ1) is 38.0. The fraction of sp³-hybridized carbons (Fsp3) is 0.0357. The van der Waals surface area contributed by atoms with Crippen molar-refractivity contribution in [1.29, 1.82) is 0 Å². The maximum Gasteiger partial charge on any atom is 0.164 e. The Morgan fingerprint density at radius 3 is 1.00 bits per heavy atom. The van der Waals surface area contributed by atoms with E-state index in [1.54, 1.807) is 0 Å². The summed E-state index contributed by atoms with van der Waals surface area (Å²) in [5, 5.41) is 0. The van der Waals surface area contributed by atoms with Crippen molar-refractivity contribution in [3.8, 4) is 101 Å². The van der Waals surface area contributed by atoms with Gasteiger partial charge < -0.3 is 0 Å². The number of hydrogen-bond donors (Lipinski definition) is 0. The third-order valence-corrected chi connectivity index (χ3v) is 10.8. The second-order valence-electron chi connectivity index (χ2n) is 15.3. The van der Waals surface area contributed by atoms with Gasteiger partial charge >= 0.3 is 0 Å². The molecule has 0 saturated heterocycles. The molecule has 0 atom stereocenters. The lowest BCUT2D eigenvalue weighted by Crippen LogP contribution is -2.00. The summed E-state index contributed by atoms with van der Waals surface area (Å²) in [6.07, 6.45) is 0. The van der Waals surface area contributed by atoms with E-state index < -0.39 is 0 Å². The highest BCUT2D eigenvalue weighted by molar-refractivity contribution is 5.84. The average molecular weight is 797 g/mol. The van der Waals surface area contributed by atoms with Gasteiger partial charge in [-0.3, -0.25) is 4.98 Å². The van der Waals surface area contributed by atoms with Crippen molar-refractivity contribution in [2.24, 2.45) is 0 Å². The van der Waals surface area contributed by atoms with Crippen molar-refractivity contribution < 1.29 is 0 Å². The van der Waals surface area contributed by atoms with Crippen LogP contribution < -0.4 is 0 Å². The molecule has 0 amide bonds. The van der Waals surface area contributed by atoms with Gasteiger partial charge in [0.05, 0.1) is 11.4 Å². The SMILES string of the molecule is Cc1cc(-c2cc(-c3cccc(-c4cc(-c5ccccc5)nc(-c5ccccc5)n4)c3)cc(-c3cccc(-c4nc(-c5ccccc5)nc(-c5ccccc5)n4)c3)c2)cc(C)n1. The van der Waals surface area contributed by atoms with Gasteiger partial charge in [0.15, 0.2) is 23.3 Å². The Labute approximate surface area is 361 Å². The summed E-state index contributed by atoms with van der Waals surface area (Å²) in [6.45, 7) is 4.09. The largest absolute Gasteiger partial charge is 0.258 e. The summed E-state index contributed by atoms with van der Waals surface area (Å²) in [5.41, 5.74) is 15.9. The van der Waals surface area contributed by atoms with Gasteiger partial charge in [0.1, 0.15) is 0 Å². The zero-order valence-electron chi connectivity index (χ0n) is 34.3. The van der Waals surface area contributed by atoms with Crippen LogP contribution in [-0.2, 0) is 0 Å². The van der Waals surface area contributed by atoms with E-state index >= 15 is 0 Å². The van der Waals surface area contributed by atoms with E-state index in [4.69, 9.17) is 29.9 Å². The summed E-state index contributed by atoms with van der Waals surface area (Å²) in [4.78, 5) is 29.8. The van der Waals surface area contributed by atoms with Crippen LogP contribution in [0.5, 0.6) is 0 Å². The number of benzene rings is 7. The van der Waals surface area contributed by atoms with Crippen molar-refractivity contribution in [3.63, 3.8) is 0 Å². The Bertz CT molecular complexity index is 2860. The summed E-state index contributed by atoms with van der Waals surface area (Å²) in [7, 11) is 0. The molecule has 6 nitrogen and oxygen atoms in total. The topological polar surface area (TPSA) is 77.3 Å². The quantitative estimate of drug-likeness (QED) is 0.145. The standard InChI is InChI=1S/C56H40N6/c1-37-29-47(30-38(2)57-37)50-34-48(43-25-15-27-45(31-43)52-36-51(39-17-7-3-8-18-39)58-53(59-52)40-19-9-4-10-20-40)33-49(35-50)44-26-16-28-46(32-44)56-61-54(41-21-11-5-12-22-41)60-55(62-56)42-23-13-6-14-24-42/h3-36H,1-2H3. The summed E-state index contributed by atoms with van der Waals surface area (Å²) in [5.74, 6) is 2.55. The number of aryl methyl sites for hydroxylation is 2. The molecule has 0 fully saturated rings. The van der Waals surface area contributed by atoms with E-state index in [-0.39, 0.29) is 0 Å². The first-order valence-corrected chi connectivity index (χ1v) is 20.7. The molecule has 0 saturated carbocycles. The molecule has 0 aliphatic rings. The normalized spacial score (nSPS) is 11.1. The second-order valence-corrected chi connectivity index (χ2v) is 15.3. The molecule has 0 spiro atoms. The molecule has 294 valence electrons. The predicted octanol–water partition coefficient (Wildman–Crippen LogP) is 13.7. The molecule has 0 bridgehead atoms. The minimum Gasteiger partial charge on any atom is -0.258 e. The lowest BCUT2D eigenvalue weighted by Gasteiger charge is -2.14. The fourth-order valence-corrected chi connectivity index (χ4v) is 7.83. The van der Waals surface area contributed by atoms with Crippen LogP contribution in [0, 0.1) is 13.8 Å². The van der Waals surface area contributed by atoms with Gasteiger partial charge in [-0.25, -0.2) is 24.9 Å². The van der Waals surface area contributed by atoms with E-state index in [9.17, 15) is 0 Å². The van der Waals surface area contributed by atoms with Crippen LogP contribution in [0.4, 0.5) is 0 Å². The molecule has 10 rings (SSSR count). The van der Waals surface area contributed by atoms with Gasteiger partial charge in [0.25, 0.3) is 0 Å². The Kier molecular flexibility index (Phi) is 10.3. The Balaban J connectivity index is 1.10. The molecular formula is C56H40N6. The molecule has 0 radical (unpaired) electrons. The van der Waals surface area contributed by atoms with E-state index in [2.05, 4.69) is 109 Å². The first-order chi connectivity index (χ1) is 30.5. The van der Waals surface area contributed by atoms with Gasteiger partial charge in [-0.2, -0.15) is 0 Å². The smallest absolute Gasteiger partial charge is 0.164 e. The number of hydrogen-bond acceptors (Lipinski definition) is 6. The summed E-state index contributed by atoms with van der Waals surface area (Å²) in [6, 6.07) is 70.9. The van der Waals surface area contributed by atoms with E-state index in [1.165, 1.54) is 0 Å². The predicted molar refractivity (Wildman–Crippen MR) is 252 cm³/mol. The highest BCUT2D eigenvalue weighted by Gasteiger charge is 2.16. The van der Waals surface area contributed by atoms with E-state index in [0.29, 0.717) is 23.3 Å². The lowest BCUT2D eigenvalue weighted by atomic mass is 9.92. The third-order valence-electron chi connectivity index (χ3n) is 10.8. The van der Waals surface area contributed by atoms with Crippen molar-refractivity contribution in [2.45, 2.75) is 13.8 Å². The van der Waals surface area contributed by atoms with Crippen LogP contribution in [0.1, 0.15) is 11.4 Å². The number of aromatic nitrogens is 6. The van der Waals surface area contributed by atoms with Crippen molar-refractivity contribution in [1.82, 2.24) is 29.9 Å². The molecule has 62 heavy (non-hydrogen) atoms. The van der Waals surface area contributed by atoms with Crippen molar-refractivity contribution >= 4 is 0 Å². The molecule has 6 heteroatoms. The van der Waals surface area contributed by atoms with Crippen LogP contribution in [0.25, 0.3) is 101 Å². The average Bonchev–Trinajstić information content (AvgIpc) is 3.34. The Hall–Kier alpha value is -8.22. The minimum atomic E-state index is 0.610. The fourth-order valence-electron chi connectivity index (χ4n) is 7.83. The Morgan fingerprint density at radius 1 is 0.210 bits per heavy atom. The van der Waals surface area contributed by atoms with Crippen LogP contribution in [-0.4, -0.2) is 29.9 Å². The van der Waals surface area contributed by atoms with Crippen molar-refractivity contribution in [3.05, 3.63) is 218 Å². The monoisotopic (exact) mass is 796 g/mol. The van der Waals surface area contributed by atoms with E-state index in [1.807, 2.05) is 111 Å². The second kappa shape index (κ2) is 16.8. The highest BCUT2D eigenvalue weighted by atomic mass is 15.0. The van der Waals surface area contributed by atoms with Gasteiger partial charge in [-0.15, -0.1) is 0 Å². The zero-order chi connectivity index (χ0) is 41.8. The molecule has 3 heterocycles. The van der Waals surface area contributed by atoms with Gasteiger partial charge in [0, 0.05) is 44.8 Å². The molecule has 0 aliphatic heterocycles. The number of pyridine rings is 1. The van der Waals surface area contributed by atoms with Gasteiger partial charge in [0.2, 0.25) is 0 Å². The van der Waals surface area contributed by atoms with Crippen LogP contribution >= 0.6 is 0 Å². The summed E-state index contributed by atoms with van der Waals surface area (Å²) < 4.78 is 0. The van der Waals surface area contributed by atoms with Crippen LogP contribution in [0.15, 0.2) is 206 Å². The molecular weight excluding hydrogens is 757 g/mol. The lowest BCUT2D eigenvalue weighted by molar-refractivity contribution is 1.07. The number of rotatable bonds is 9. The van der Waals surface area contributed by atoms with Crippen LogP contribution in [0.3, 0.4) is 0 Å². The molecule has 7 aromatic carbocycles. The van der Waals surface area contributed by atoms with Gasteiger partial charge in [-0.05, 0) is 95.8 Å².